The zero-order valence-electron chi connectivity index (χ0n) is 18.2. The molecule has 0 aromatic heterocycles. The SMILES string of the molecule is NC(=O)C1NNc2c1ccc(-c1c(F)ccc(NS(=O)(=O)c3cc(F)cc4c3CCC4O)c1F)c2F. The van der Waals surface area contributed by atoms with Crippen molar-refractivity contribution in [1.29, 1.82) is 0 Å². The molecule has 0 fully saturated rings. The minimum Gasteiger partial charge on any atom is -0.388 e. The molecule has 8 nitrogen and oxygen atoms in total. The summed E-state index contributed by atoms with van der Waals surface area (Å²) in [6.07, 6.45) is -0.704. The molecule has 3 aromatic rings. The number of rotatable bonds is 5. The van der Waals surface area contributed by atoms with E-state index in [4.69, 9.17) is 5.73 Å². The first kappa shape index (κ1) is 24.0. The van der Waals surface area contributed by atoms with Crippen molar-refractivity contribution in [3.05, 3.63) is 76.4 Å². The van der Waals surface area contributed by atoms with E-state index in [0.717, 1.165) is 30.3 Å². The average Bonchev–Trinajstić information content (AvgIpc) is 3.41. The van der Waals surface area contributed by atoms with Crippen LogP contribution in [-0.2, 0) is 21.2 Å². The number of nitrogens with one attached hydrogen (secondary N) is 3. The van der Waals surface area contributed by atoms with Crippen LogP contribution >= 0.6 is 0 Å². The van der Waals surface area contributed by atoms with Gasteiger partial charge in [0, 0.05) is 11.1 Å². The van der Waals surface area contributed by atoms with Crippen molar-refractivity contribution < 1.29 is 35.9 Å². The zero-order valence-corrected chi connectivity index (χ0v) is 19.0. The van der Waals surface area contributed by atoms with Gasteiger partial charge in [-0.15, -0.1) is 0 Å². The maximum Gasteiger partial charge on any atom is 0.262 e. The number of nitrogens with two attached hydrogens (primary N) is 1. The van der Waals surface area contributed by atoms with Crippen LogP contribution in [0.3, 0.4) is 0 Å². The smallest absolute Gasteiger partial charge is 0.262 e. The second-order valence-corrected chi connectivity index (χ2v) is 10.1. The fraction of sp³-hybridized carbons (Fsp3) is 0.174. The van der Waals surface area contributed by atoms with Gasteiger partial charge in [0.15, 0.2) is 11.6 Å². The summed E-state index contributed by atoms with van der Waals surface area (Å²) < 4.78 is 87.6. The Balaban J connectivity index is 1.57. The second-order valence-electron chi connectivity index (χ2n) is 8.41. The number of hydrogen-bond acceptors (Lipinski definition) is 6. The number of benzene rings is 3. The Bertz CT molecular complexity index is 1550. The molecule has 1 heterocycles. The molecule has 13 heteroatoms. The highest BCUT2D eigenvalue weighted by Gasteiger charge is 2.33. The molecule has 1 aliphatic heterocycles. The minimum atomic E-state index is -4.59. The molecule has 3 aromatic carbocycles. The molecule has 1 aliphatic carbocycles. The standard InChI is InChI=1S/C23H18F4N4O4S/c24-9-7-13-10(3-6-16(13)32)17(8-9)36(34,35)31-15-5-4-14(25)18(20(15)27)11-1-2-12-21(19(11)26)29-30-22(12)23(28)33/h1-2,4-5,7-8,16,22,29-32H,3,6H2,(H2,28,33). The lowest BCUT2D eigenvalue weighted by molar-refractivity contribution is -0.119. The van der Waals surface area contributed by atoms with Gasteiger partial charge in [-0.2, -0.15) is 0 Å². The minimum absolute atomic E-state index is 0.117. The molecule has 188 valence electrons. The third-order valence-electron chi connectivity index (χ3n) is 6.24. The van der Waals surface area contributed by atoms with Gasteiger partial charge in [0.1, 0.15) is 17.7 Å². The van der Waals surface area contributed by atoms with Crippen LogP contribution in [0.15, 0.2) is 41.3 Å². The highest BCUT2D eigenvalue weighted by molar-refractivity contribution is 7.92. The van der Waals surface area contributed by atoms with Crippen LogP contribution in [0.25, 0.3) is 11.1 Å². The molecule has 0 spiro atoms. The van der Waals surface area contributed by atoms with E-state index in [1.807, 2.05) is 4.72 Å². The van der Waals surface area contributed by atoms with Crippen molar-refractivity contribution in [2.75, 3.05) is 10.1 Å². The maximum absolute atomic E-state index is 15.5. The van der Waals surface area contributed by atoms with E-state index in [1.165, 1.54) is 6.07 Å². The van der Waals surface area contributed by atoms with Crippen LogP contribution in [0, 0.1) is 23.3 Å². The summed E-state index contributed by atoms with van der Waals surface area (Å²) in [6, 6.07) is 4.57. The van der Waals surface area contributed by atoms with Crippen LogP contribution in [0.1, 0.15) is 35.3 Å². The van der Waals surface area contributed by atoms with E-state index in [1.54, 1.807) is 0 Å². The number of sulfonamides is 1. The van der Waals surface area contributed by atoms with Gasteiger partial charge in [0.25, 0.3) is 10.0 Å². The Labute approximate surface area is 202 Å². The topological polar surface area (TPSA) is 134 Å². The van der Waals surface area contributed by atoms with Gasteiger partial charge in [-0.1, -0.05) is 12.1 Å². The number of hydrazine groups is 1. The van der Waals surface area contributed by atoms with Gasteiger partial charge in [-0.3, -0.25) is 9.52 Å². The molecular weight excluding hydrogens is 504 g/mol. The van der Waals surface area contributed by atoms with Crippen LogP contribution in [0.5, 0.6) is 0 Å². The first-order valence-corrected chi connectivity index (χ1v) is 12.1. The molecular formula is C23H18F4N4O4S. The van der Waals surface area contributed by atoms with Crippen molar-refractivity contribution >= 4 is 27.3 Å². The Hall–Kier alpha value is -3.68. The molecule has 0 radical (unpaired) electrons. The van der Waals surface area contributed by atoms with Crippen molar-refractivity contribution in [2.45, 2.75) is 29.9 Å². The number of fused-ring (bicyclic) bond motifs is 2. The van der Waals surface area contributed by atoms with E-state index < -0.39 is 73.1 Å². The lowest BCUT2D eigenvalue weighted by Crippen LogP contribution is -2.31. The molecule has 0 saturated carbocycles. The van der Waals surface area contributed by atoms with Crippen molar-refractivity contribution in [3.63, 3.8) is 0 Å². The van der Waals surface area contributed by atoms with Gasteiger partial charge in [-0.05, 0) is 48.2 Å². The fourth-order valence-corrected chi connectivity index (χ4v) is 5.92. The van der Waals surface area contributed by atoms with Gasteiger partial charge in [0.2, 0.25) is 5.91 Å². The second kappa shape index (κ2) is 8.47. The number of hydrogen-bond donors (Lipinski definition) is 5. The first-order chi connectivity index (χ1) is 17.0. The first-order valence-electron chi connectivity index (χ1n) is 10.6. The molecule has 2 aliphatic rings. The quantitative estimate of drug-likeness (QED) is 0.327. The van der Waals surface area contributed by atoms with Gasteiger partial charge >= 0.3 is 0 Å². The van der Waals surface area contributed by atoms with E-state index in [-0.39, 0.29) is 35.2 Å². The number of aliphatic hydroxyl groups excluding tert-OH is 1. The Morgan fingerprint density at radius 3 is 2.53 bits per heavy atom. The van der Waals surface area contributed by atoms with Gasteiger partial charge in [-0.25, -0.2) is 31.4 Å². The number of carbonyl (C=O) groups is 1. The predicted octanol–water partition coefficient (Wildman–Crippen LogP) is 3.15. The van der Waals surface area contributed by atoms with Gasteiger partial charge in [0.05, 0.1) is 27.9 Å². The summed E-state index contributed by atoms with van der Waals surface area (Å²) in [5.74, 6) is -5.41. The molecule has 1 amide bonds. The van der Waals surface area contributed by atoms with Crippen molar-refractivity contribution in [3.8, 4) is 11.1 Å². The highest BCUT2D eigenvalue weighted by Crippen LogP contribution is 2.40. The Morgan fingerprint density at radius 1 is 1.06 bits per heavy atom. The van der Waals surface area contributed by atoms with E-state index in [9.17, 15) is 27.1 Å². The Kier molecular flexibility index (Phi) is 5.65. The molecule has 0 saturated heterocycles. The lowest BCUT2D eigenvalue weighted by Gasteiger charge is -2.16. The summed E-state index contributed by atoms with van der Waals surface area (Å²) in [4.78, 5) is 11.0. The Morgan fingerprint density at radius 2 is 1.81 bits per heavy atom. The largest absolute Gasteiger partial charge is 0.388 e. The predicted molar refractivity (Wildman–Crippen MR) is 121 cm³/mol. The summed E-state index contributed by atoms with van der Waals surface area (Å²) in [7, 11) is -4.59. The van der Waals surface area contributed by atoms with E-state index >= 15 is 8.78 Å². The van der Waals surface area contributed by atoms with Crippen LogP contribution in [-0.4, -0.2) is 19.4 Å². The number of anilines is 2. The zero-order chi connectivity index (χ0) is 25.9. The number of primary amides is 1. The number of amides is 1. The van der Waals surface area contributed by atoms with E-state index in [2.05, 4.69) is 10.9 Å². The lowest BCUT2D eigenvalue weighted by atomic mass is 9.97. The third-order valence-corrected chi connectivity index (χ3v) is 7.67. The molecule has 0 bridgehead atoms. The monoisotopic (exact) mass is 522 g/mol. The molecule has 5 rings (SSSR count). The average molecular weight is 522 g/mol. The summed E-state index contributed by atoms with van der Waals surface area (Å²) in [6.45, 7) is 0. The normalized spacial score (nSPS) is 18.5. The highest BCUT2D eigenvalue weighted by atomic mass is 32.2. The molecule has 6 N–H and O–H groups in total. The van der Waals surface area contributed by atoms with Crippen LogP contribution in [0.2, 0.25) is 0 Å². The van der Waals surface area contributed by atoms with Crippen LogP contribution < -0.4 is 21.3 Å². The van der Waals surface area contributed by atoms with Crippen molar-refractivity contribution in [1.82, 2.24) is 5.43 Å². The maximum atomic E-state index is 15.5. The summed E-state index contributed by atoms with van der Waals surface area (Å²) in [5.41, 5.74) is 8.22. The summed E-state index contributed by atoms with van der Waals surface area (Å²) >= 11 is 0. The van der Waals surface area contributed by atoms with Crippen LogP contribution in [0.4, 0.5) is 28.9 Å². The number of halogens is 4. The fourth-order valence-electron chi connectivity index (χ4n) is 4.55. The summed E-state index contributed by atoms with van der Waals surface area (Å²) in [5, 5.41) is 10.0. The molecule has 2 unspecified atom stereocenters. The third kappa shape index (κ3) is 3.75. The number of aliphatic hydroxyl groups is 1. The number of carbonyl (C=O) groups excluding carboxylic acids is 1. The molecule has 36 heavy (non-hydrogen) atoms. The van der Waals surface area contributed by atoms with Crippen molar-refractivity contribution in [2.24, 2.45) is 5.73 Å². The molecule has 2 atom stereocenters. The van der Waals surface area contributed by atoms with Gasteiger partial charge < -0.3 is 16.3 Å². The van der Waals surface area contributed by atoms with E-state index in [0.29, 0.717) is 0 Å².